The number of aromatic carboxylic acids is 1. The molecule has 0 bridgehead atoms. The van der Waals surface area contributed by atoms with E-state index in [0.29, 0.717) is 30.3 Å². The lowest BCUT2D eigenvalue weighted by molar-refractivity contribution is 0.0695. The summed E-state index contributed by atoms with van der Waals surface area (Å²) in [6, 6.07) is 0.426. The maximum atomic E-state index is 11.5. The van der Waals surface area contributed by atoms with E-state index in [-0.39, 0.29) is 0 Å². The molecular formula is C13H19N3O2. The first-order valence-corrected chi connectivity index (χ1v) is 6.44. The molecule has 18 heavy (non-hydrogen) atoms. The summed E-state index contributed by atoms with van der Waals surface area (Å²) in [6.07, 6.45) is 3.60. The average molecular weight is 249 g/mol. The molecule has 1 heterocycles. The van der Waals surface area contributed by atoms with E-state index >= 15 is 0 Å². The number of carboxylic acid groups (broad SMARTS) is 1. The van der Waals surface area contributed by atoms with Crippen LogP contribution in [0.15, 0.2) is 0 Å². The zero-order chi connectivity index (χ0) is 13.3. The molecule has 0 saturated heterocycles. The molecule has 98 valence electrons. The van der Waals surface area contributed by atoms with E-state index in [2.05, 4.69) is 10.2 Å². The number of rotatable bonds is 5. The predicted molar refractivity (Wildman–Crippen MR) is 69.2 cm³/mol. The maximum absolute atomic E-state index is 11.5. The molecule has 1 aliphatic rings. The molecular weight excluding hydrogens is 230 g/mol. The van der Waals surface area contributed by atoms with Crippen LogP contribution in [0, 0.1) is 0 Å². The number of anilines is 1. The number of aromatic nitrogens is 2. The van der Waals surface area contributed by atoms with Crippen molar-refractivity contribution in [1.29, 1.82) is 0 Å². The summed E-state index contributed by atoms with van der Waals surface area (Å²) in [5, 5.41) is 17.8. The Morgan fingerprint density at radius 1 is 1.33 bits per heavy atom. The maximum Gasteiger partial charge on any atom is 0.339 e. The predicted octanol–water partition coefficient (Wildman–Crippen LogP) is 1.90. The number of carboxylic acids is 1. The van der Waals surface area contributed by atoms with Gasteiger partial charge >= 0.3 is 5.97 Å². The Hall–Kier alpha value is -1.65. The van der Waals surface area contributed by atoms with Crippen LogP contribution in [-0.4, -0.2) is 34.4 Å². The molecule has 1 saturated carbocycles. The second-order valence-corrected chi connectivity index (χ2v) is 4.68. The Morgan fingerprint density at radius 3 is 2.44 bits per heavy atom. The van der Waals surface area contributed by atoms with Gasteiger partial charge in [0.25, 0.3) is 0 Å². The highest BCUT2D eigenvalue weighted by atomic mass is 16.4. The highest BCUT2D eigenvalue weighted by Gasteiger charge is 2.31. The molecule has 0 spiro atoms. The lowest BCUT2D eigenvalue weighted by Gasteiger charge is -2.21. The summed E-state index contributed by atoms with van der Waals surface area (Å²) in [4.78, 5) is 13.5. The third kappa shape index (κ3) is 2.17. The van der Waals surface area contributed by atoms with Gasteiger partial charge in [-0.15, -0.1) is 5.10 Å². The van der Waals surface area contributed by atoms with Crippen LogP contribution in [-0.2, 0) is 12.8 Å². The lowest BCUT2D eigenvalue weighted by atomic mass is 10.0. The van der Waals surface area contributed by atoms with Crippen LogP contribution in [0.25, 0.3) is 0 Å². The summed E-state index contributed by atoms with van der Waals surface area (Å²) >= 11 is 0. The van der Waals surface area contributed by atoms with E-state index in [9.17, 15) is 9.90 Å². The first-order chi connectivity index (χ1) is 8.60. The highest BCUT2D eigenvalue weighted by molar-refractivity contribution is 5.95. The molecule has 1 aromatic rings. The third-order valence-electron chi connectivity index (χ3n) is 3.47. The standard InChI is InChI=1S/C13H19N3O2/c1-4-9-10(5-2)14-15-12(11(9)13(17)18)16(3)8-6-7-8/h8H,4-7H2,1-3H3,(H,17,18). The van der Waals surface area contributed by atoms with Crippen LogP contribution in [0.4, 0.5) is 5.82 Å². The Morgan fingerprint density at radius 2 is 2.00 bits per heavy atom. The van der Waals surface area contributed by atoms with Gasteiger partial charge in [0.15, 0.2) is 5.82 Å². The van der Waals surface area contributed by atoms with Crippen LogP contribution >= 0.6 is 0 Å². The zero-order valence-electron chi connectivity index (χ0n) is 11.1. The monoisotopic (exact) mass is 249 g/mol. The van der Waals surface area contributed by atoms with Gasteiger partial charge < -0.3 is 10.0 Å². The van der Waals surface area contributed by atoms with Crippen molar-refractivity contribution < 1.29 is 9.90 Å². The smallest absolute Gasteiger partial charge is 0.339 e. The Bertz CT molecular complexity index is 470. The number of hydrogen-bond acceptors (Lipinski definition) is 4. The van der Waals surface area contributed by atoms with Crippen LogP contribution in [0.3, 0.4) is 0 Å². The van der Waals surface area contributed by atoms with Crippen molar-refractivity contribution in [2.45, 2.75) is 45.6 Å². The van der Waals surface area contributed by atoms with Gasteiger partial charge in [0.2, 0.25) is 0 Å². The second-order valence-electron chi connectivity index (χ2n) is 4.68. The molecule has 1 aliphatic carbocycles. The van der Waals surface area contributed by atoms with E-state index in [1.165, 1.54) is 0 Å². The number of aryl methyl sites for hydroxylation is 1. The molecule has 0 atom stereocenters. The zero-order valence-corrected chi connectivity index (χ0v) is 11.1. The van der Waals surface area contributed by atoms with Crippen LogP contribution in [0.2, 0.25) is 0 Å². The summed E-state index contributed by atoms with van der Waals surface area (Å²) in [7, 11) is 1.90. The fourth-order valence-electron chi connectivity index (χ4n) is 2.27. The molecule has 5 nitrogen and oxygen atoms in total. The topological polar surface area (TPSA) is 66.3 Å². The molecule has 1 fully saturated rings. The van der Waals surface area contributed by atoms with Crippen LogP contribution < -0.4 is 4.90 Å². The summed E-state index contributed by atoms with van der Waals surface area (Å²) < 4.78 is 0. The van der Waals surface area contributed by atoms with Gasteiger partial charge in [-0.1, -0.05) is 13.8 Å². The fraction of sp³-hybridized carbons (Fsp3) is 0.615. The average Bonchev–Trinajstić information content (AvgIpc) is 3.19. The SMILES string of the molecule is CCc1nnc(N(C)C2CC2)c(C(=O)O)c1CC. The largest absolute Gasteiger partial charge is 0.478 e. The second kappa shape index (κ2) is 4.92. The quantitative estimate of drug-likeness (QED) is 0.863. The number of hydrogen-bond donors (Lipinski definition) is 1. The van der Waals surface area contributed by atoms with Crippen LogP contribution in [0.1, 0.15) is 48.3 Å². The first-order valence-electron chi connectivity index (χ1n) is 6.44. The highest BCUT2D eigenvalue weighted by Crippen LogP contribution is 2.32. The molecule has 0 aliphatic heterocycles. The van der Waals surface area contributed by atoms with Gasteiger partial charge in [-0.25, -0.2) is 4.79 Å². The normalized spacial score (nSPS) is 14.6. The fourth-order valence-corrected chi connectivity index (χ4v) is 2.27. The van der Waals surface area contributed by atoms with Gasteiger partial charge in [-0.3, -0.25) is 0 Å². The molecule has 1 aromatic heterocycles. The van der Waals surface area contributed by atoms with Gasteiger partial charge in [0.05, 0.1) is 5.69 Å². The minimum Gasteiger partial charge on any atom is -0.478 e. The van der Waals surface area contributed by atoms with E-state index in [0.717, 1.165) is 24.1 Å². The van der Waals surface area contributed by atoms with Gasteiger partial charge in [-0.2, -0.15) is 5.10 Å². The van der Waals surface area contributed by atoms with Crippen molar-refractivity contribution in [3.63, 3.8) is 0 Å². The van der Waals surface area contributed by atoms with Gasteiger partial charge in [0.1, 0.15) is 5.56 Å². The molecule has 0 amide bonds. The van der Waals surface area contributed by atoms with E-state index in [1.807, 2.05) is 25.8 Å². The minimum absolute atomic E-state index is 0.332. The van der Waals surface area contributed by atoms with E-state index in [1.54, 1.807) is 0 Å². The number of nitrogens with zero attached hydrogens (tertiary/aromatic N) is 3. The van der Waals surface area contributed by atoms with Crippen molar-refractivity contribution in [2.75, 3.05) is 11.9 Å². The van der Waals surface area contributed by atoms with Crippen molar-refractivity contribution >= 4 is 11.8 Å². The van der Waals surface area contributed by atoms with E-state index < -0.39 is 5.97 Å². The first kappa shape index (κ1) is 12.8. The summed E-state index contributed by atoms with van der Waals surface area (Å²) in [5.74, 6) is -0.391. The minimum atomic E-state index is -0.904. The number of carbonyl (C=O) groups is 1. The van der Waals surface area contributed by atoms with Crippen molar-refractivity contribution in [3.8, 4) is 0 Å². The van der Waals surface area contributed by atoms with Crippen molar-refractivity contribution in [1.82, 2.24) is 10.2 Å². The summed E-state index contributed by atoms with van der Waals surface area (Å²) in [6.45, 7) is 3.93. The summed E-state index contributed by atoms with van der Waals surface area (Å²) in [5.41, 5.74) is 1.95. The third-order valence-corrected chi connectivity index (χ3v) is 3.47. The Balaban J connectivity index is 2.54. The molecule has 0 radical (unpaired) electrons. The molecule has 0 unspecified atom stereocenters. The lowest BCUT2D eigenvalue weighted by Crippen LogP contribution is -2.25. The Labute approximate surface area is 107 Å². The molecule has 2 rings (SSSR count). The van der Waals surface area contributed by atoms with Crippen molar-refractivity contribution in [3.05, 3.63) is 16.8 Å². The molecule has 0 aromatic carbocycles. The molecule has 5 heteroatoms. The van der Waals surface area contributed by atoms with E-state index in [4.69, 9.17) is 0 Å². The van der Waals surface area contributed by atoms with Crippen molar-refractivity contribution in [2.24, 2.45) is 0 Å². The van der Waals surface area contributed by atoms with Gasteiger partial charge in [0, 0.05) is 13.1 Å². The molecule has 1 N–H and O–H groups in total. The van der Waals surface area contributed by atoms with Gasteiger partial charge in [-0.05, 0) is 31.2 Å². The Kier molecular flexibility index (Phi) is 3.50. The van der Waals surface area contributed by atoms with Crippen LogP contribution in [0.5, 0.6) is 0 Å².